The molecule has 1 rings (SSSR count). The van der Waals surface area contributed by atoms with Gasteiger partial charge in [-0.15, -0.1) is 0 Å². The third-order valence-corrected chi connectivity index (χ3v) is 5.55. The molecule has 1 saturated heterocycles. The fourth-order valence-electron chi connectivity index (χ4n) is 2.03. The van der Waals surface area contributed by atoms with Crippen molar-refractivity contribution >= 4 is 10.0 Å². The van der Waals surface area contributed by atoms with Gasteiger partial charge in [-0.05, 0) is 26.3 Å². The minimum Gasteiger partial charge on any atom is -0.381 e. The van der Waals surface area contributed by atoms with E-state index in [1.165, 1.54) is 0 Å². The molecule has 17 heavy (non-hydrogen) atoms. The van der Waals surface area contributed by atoms with E-state index in [1.807, 2.05) is 6.92 Å². The molecule has 0 spiro atoms. The second-order valence-corrected chi connectivity index (χ2v) is 6.85. The first kappa shape index (κ1) is 14.9. The van der Waals surface area contributed by atoms with E-state index in [9.17, 15) is 8.42 Å². The van der Waals surface area contributed by atoms with Crippen molar-refractivity contribution in [2.45, 2.75) is 38.0 Å². The highest BCUT2D eigenvalue weighted by molar-refractivity contribution is 7.89. The molecule has 5 nitrogen and oxygen atoms in total. The van der Waals surface area contributed by atoms with E-state index in [0.29, 0.717) is 19.6 Å². The molecule has 6 heteroatoms. The third kappa shape index (κ3) is 3.91. The fraction of sp³-hybridized carbons (Fsp3) is 1.00. The lowest BCUT2D eigenvalue weighted by Crippen LogP contribution is -2.46. The van der Waals surface area contributed by atoms with Crippen LogP contribution < -0.4 is 5.32 Å². The van der Waals surface area contributed by atoms with Crippen LogP contribution in [0.15, 0.2) is 0 Å². The van der Waals surface area contributed by atoms with Crippen LogP contribution in [-0.2, 0) is 14.8 Å². The van der Waals surface area contributed by atoms with E-state index >= 15 is 0 Å². The number of hydrogen-bond acceptors (Lipinski definition) is 4. The van der Waals surface area contributed by atoms with Gasteiger partial charge in [0.1, 0.15) is 0 Å². The monoisotopic (exact) mass is 264 g/mol. The zero-order valence-electron chi connectivity index (χ0n) is 11.0. The van der Waals surface area contributed by atoms with E-state index < -0.39 is 10.0 Å². The van der Waals surface area contributed by atoms with Crippen molar-refractivity contribution in [3.8, 4) is 0 Å². The van der Waals surface area contributed by atoms with Crippen LogP contribution in [0.5, 0.6) is 0 Å². The summed E-state index contributed by atoms with van der Waals surface area (Å²) in [5.41, 5.74) is 0. The van der Waals surface area contributed by atoms with Gasteiger partial charge in [-0.25, -0.2) is 12.7 Å². The highest BCUT2D eigenvalue weighted by Crippen LogP contribution is 2.18. The number of methoxy groups -OCH3 is 1. The van der Waals surface area contributed by atoms with Crippen LogP contribution in [-0.4, -0.2) is 57.4 Å². The Morgan fingerprint density at radius 2 is 2.00 bits per heavy atom. The topological polar surface area (TPSA) is 58.6 Å². The Bertz CT molecular complexity index is 311. The van der Waals surface area contributed by atoms with E-state index in [-0.39, 0.29) is 11.4 Å². The smallest absolute Gasteiger partial charge is 0.217 e. The molecule has 0 aromatic carbocycles. The first-order chi connectivity index (χ1) is 8.02. The number of nitrogens with one attached hydrogen (secondary N) is 1. The summed E-state index contributed by atoms with van der Waals surface area (Å²) in [6.07, 6.45) is 1.80. The summed E-state index contributed by atoms with van der Waals surface area (Å²) < 4.78 is 31.3. The van der Waals surface area contributed by atoms with Crippen LogP contribution in [0.1, 0.15) is 26.7 Å². The summed E-state index contributed by atoms with van der Waals surface area (Å²) in [6.45, 7) is 6.22. The van der Waals surface area contributed by atoms with E-state index in [4.69, 9.17) is 4.74 Å². The molecule has 1 aliphatic heterocycles. The van der Waals surface area contributed by atoms with E-state index in [0.717, 1.165) is 19.4 Å². The highest BCUT2D eigenvalue weighted by Gasteiger charge is 2.31. The maximum Gasteiger partial charge on any atom is 0.217 e. The maximum absolute atomic E-state index is 12.2. The molecular formula is C11H24N2O3S. The summed E-state index contributed by atoms with van der Waals surface area (Å²) in [6, 6.07) is 0. The second-order valence-electron chi connectivity index (χ2n) is 4.50. The summed E-state index contributed by atoms with van der Waals surface area (Å²) in [5, 5.41) is 2.72. The Labute approximate surface area is 105 Å². The summed E-state index contributed by atoms with van der Waals surface area (Å²) in [7, 11) is -1.47. The van der Waals surface area contributed by atoms with E-state index in [1.54, 1.807) is 18.3 Å². The quantitative estimate of drug-likeness (QED) is 0.755. The lowest BCUT2D eigenvalue weighted by Gasteiger charge is -2.32. The van der Waals surface area contributed by atoms with Crippen molar-refractivity contribution < 1.29 is 13.2 Å². The molecule has 1 aliphatic rings. The van der Waals surface area contributed by atoms with Gasteiger partial charge in [-0.3, -0.25) is 0 Å². The molecule has 1 N–H and O–H groups in total. The van der Waals surface area contributed by atoms with Crippen molar-refractivity contribution in [1.82, 2.24) is 9.62 Å². The average molecular weight is 264 g/mol. The van der Waals surface area contributed by atoms with Crippen LogP contribution >= 0.6 is 0 Å². The fourth-order valence-corrected chi connectivity index (χ4v) is 3.59. The molecule has 0 saturated carbocycles. The second kappa shape index (κ2) is 6.68. The van der Waals surface area contributed by atoms with Crippen molar-refractivity contribution in [2.24, 2.45) is 0 Å². The number of sulfonamides is 1. The molecule has 0 radical (unpaired) electrons. The predicted molar refractivity (Wildman–Crippen MR) is 68.5 cm³/mol. The van der Waals surface area contributed by atoms with Crippen LogP contribution in [0.2, 0.25) is 0 Å². The molecule has 0 aromatic heterocycles. The summed E-state index contributed by atoms with van der Waals surface area (Å²) in [5.74, 6) is 0. The standard InChI is InChI=1S/C11H24N2O3S/c1-4-12-9-10(2)17(14,15)13-7-5-11(16-3)6-8-13/h10-12H,4-9H2,1-3H3. The Morgan fingerprint density at radius 1 is 1.41 bits per heavy atom. The minimum absolute atomic E-state index is 0.213. The molecule has 1 atom stereocenters. The van der Waals surface area contributed by atoms with Crippen molar-refractivity contribution in [3.63, 3.8) is 0 Å². The number of nitrogens with zero attached hydrogens (tertiary/aromatic N) is 1. The Balaban J connectivity index is 2.53. The van der Waals surface area contributed by atoms with Gasteiger partial charge >= 0.3 is 0 Å². The predicted octanol–water partition coefficient (Wildman–Crippen LogP) is 0.425. The van der Waals surface area contributed by atoms with Crippen LogP contribution in [0.25, 0.3) is 0 Å². The highest BCUT2D eigenvalue weighted by atomic mass is 32.2. The first-order valence-electron chi connectivity index (χ1n) is 6.24. The number of piperidine rings is 1. The van der Waals surface area contributed by atoms with Crippen molar-refractivity contribution in [3.05, 3.63) is 0 Å². The van der Waals surface area contributed by atoms with Gasteiger partial charge in [-0.1, -0.05) is 6.92 Å². The first-order valence-corrected chi connectivity index (χ1v) is 7.75. The van der Waals surface area contributed by atoms with E-state index in [2.05, 4.69) is 5.32 Å². The molecule has 0 amide bonds. The van der Waals surface area contributed by atoms with Gasteiger partial charge in [0.2, 0.25) is 10.0 Å². The molecule has 0 aliphatic carbocycles. The molecule has 1 heterocycles. The zero-order chi connectivity index (χ0) is 12.9. The number of ether oxygens (including phenoxy) is 1. The van der Waals surface area contributed by atoms with Crippen LogP contribution in [0, 0.1) is 0 Å². The minimum atomic E-state index is -3.15. The SMILES string of the molecule is CCNCC(C)S(=O)(=O)N1CCC(OC)CC1. The zero-order valence-corrected chi connectivity index (χ0v) is 11.8. The van der Waals surface area contributed by atoms with Crippen molar-refractivity contribution in [2.75, 3.05) is 33.3 Å². The van der Waals surface area contributed by atoms with Crippen LogP contribution in [0.4, 0.5) is 0 Å². The Kier molecular flexibility index (Phi) is 5.85. The normalized spacial score (nSPS) is 21.6. The Morgan fingerprint density at radius 3 is 2.47 bits per heavy atom. The average Bonchev–Trinajstić information content (AvgIpc) is 2.35. The number of hydrogen-bond donors (Lipinski definition) is 1. The van der Waals surface area contributed by atoms with Crippen LogP contribution in [0.3, 0.4) is 0 Å². The Hall–Kier alpha value is -0.170. The molecule has 102 valence electrons. The molecule has 0 aromatic rings. The van der Waals surface area contributed by atoms with Crippen molar-refractivity contribution in [1.29, 1.82) is 0 Å². The van der Waals surface area contributed by atoms with Gasteiger partial charge < -0.3 is 10.1 Å². The summed E-state index contributed by atoms with van der Waals surface area (Å²) >= 11 is 0. The summed E-state index contributed by atoms with van der Waals surface area (Å²) in [4.78, 5) is 0. The number of rotatable bonds is 6. The maximum atomic E-state index is 12.2. The van der Waals surface area contributed by atoms with Gasteiger partial charge in [0.15, 0.2) is 0 Å². The molecule has 1 unspecified atom stereocenters. The van der Waals surface area contributed by atoms with Gasteiger partial charge in [-0.2, -0.15) is 0 Å². The van der Waals surface area contributed by atoms with Gasteiger partial charge in [0.25, 0.3) is 0 Å². The molecular weight excluding hydrogens is 240 g/mol. The van der Waals surface area contributed by atoms with Gasteiger partial charge in [0.05, 0.1) is 11.4 Å². The lowest BCUT2D eigenvalue weighted by atomic mass is 10.1. The van der Waals surface area contributed by atoms with Gasteiger partial charge in [0, 0.05) is 26.7 Å². The molecule has 0 bridgehead atoms. The third-order valence-electron chi connectivity index (χ3n) is 3.28. The lowest BCUT2D eigenvalue weighted by molar-refractivity contribution is 0.0602. The molecule has 1 fully saturated rings. The largest absolute Gasteiger partial charge is 0.381 e.